The number of hydrogen-bond donors (Lipinski definition) is 2. The predicted octanol–water partition coefficient (Wildman–Crippen LogP) is 2.68. The number of nitrogens with zero attached hydrogens (tertiary/aromatic N) is 1. The minimum Gasteiger partial charge on any atom is -0.510 e. The van der Waals surface area contributed by atoms with E-state index in [0.29, 0.717) is 5.69 Å². The number of aliphatic hydroxyl groups is 1. The van der Waals surface area contributed by atoms with Gasteiger partial charge in [-0.15, -0.1) is 6.58 Å². The summed E-state index contributed by atoms with van der Waals surface area (Å²) in [7, 11) is 0. The molecular formula is C13H11FN2O2. The second-order valence-corrected chi connectivity index (χ2v) is 3.39. The summed E-state index contributed by atoms with van der Waals surface area (Å²) in [5, 5.41) is 20.6. The first-order valence-electron chi connectivity index (χ1n) is 5.08. The SMILES string of the molecule is C=CCC(O)=C(C#N)C(=O)Nc1ccc(F)cc1. The van der Waals surface area contributed by atoms with Crippen LogP contribution in [-0.4, -0.2) is 11.0 Å². The number of carbonyl (C=O) groups is 1. The van der Waals surface area contributed by atoms with Crippen molar-refractivity contribution in [1.82, 2.24) is 0 Å². The highest BCUT2D eigenvalue weighted by atomic mass is 19.1. The van der Waals surface area contributed by atoms with Gasteiger partial charge in [0.15, 0.2) is 5.57 Å². The van der Waals surface area contributed by atoms with Crippen molar-refractivity contribution < 1.29 is 14.3 Å². The predicted molar refractivity (Wildman–Crippen MR) is 65.1 cm³/mol. The van der Waals surface area contributed by atoms with Crippen molar-refractivity contribution in [2.75, 3.05) is 5.32 Å². The average Bonchev–Trinajstić information content (AvgIpc) is 2.33. The molecule has 5 heteroatoms. The van der Waals surface area contributed by atoms with Crippen molar-refractivity contribution >= 4 is 11.6 Å². The molecule has 0 saturated carbocycles. The lowest BCUT2D eigenvalue weighted by molar-refractivity contribution is -0.112. The monoisotopic (exact) mass is 246 g/mol. The number of rotatable bonds is 4. The van der Waals surface area contributed by atoms with E-state index in [9.17, 15) is 14.3 Å². The van der Waals surface area contributed by atoms with Crippen LogP contribution < -0.4 is 5.32 Å². The first kappa shape index (κ1) is 13.5. The van der Waals surface area contributed by atoms with Gasteiger partial charge in [0.25, 0.3) is 5.91 Å². The molecule has 0 aliphatic rings. The van der Waals surface area contributed by atoms with E-state index in [-0.39, 0.29) is 17.8 Å². The van der Waals surface area contributed by atoms with Gasteiger partial charge in [-0.25, -0.2) is 4.39 Å². The molecule has 0 fully saturated rings. The summed E-state index contributed by atoms with van der Waals surface area (Å²) in [5.41, 5.74) is -0.0558. The Morgan fingerprint density at radius 3 is 2.61 bits per heavy atom. The fourth-order valence-corrected chi connectivity index (χ4v) is 1.21. The summed E-state index contributed by atoms with van der Waals surface area (Å²) >= 11 is 0. The molecule has 0 aliphatic carbocycles. The number of hydrogen-bond acceptors (Lipinski definition) is 3. The van der Waals surface area contributed by atoms with E-state index < -0.39 is 11.7 Å². The van der Waals surface area contributed by atoms with Crippen molar-refractivity contribution in [2.45, 2.75) is 6.42 Å². The minimum atomic E-state index is -0.747. The Bertz CT molecular complexity index is 527. The maximum absolute atomic E-state index is 12.7. The van der Waals surface area contributed by atoms with Crippen LogP contribution in [0.3, 0.4) is 0 Å². The van der Waals surface area contributed by atoms with Gasteiger partial charge in [-0.05, 0) is 24.3 Å². The van der Waals surface area contributed by atoms with E-state index in [0.717, 1.165) is 0 Å². The molecule has 0 aliphatic heterocycles. The second-order valence-electron chi connectivity index (χ2n) is 3.39. The molecule has 0 bridgehead atoms. The van der Waals surface area contributed by atoms with Crippen LogP contribution >= 0.6 is 0 Å². The number of halogens is 1. The number of benzene rings is 1. The summed E-state index contributed by atoms with van der Waals surface area (Å²) in [6.07, 6.45) is 1.40. The molecule has 0 spiro atoms. The number of allylic oxidation sites excluding steroid dienone is 1. The van der Waals surface area contributed by atoms with Crippen molar-refractivity contribution in [3.8, 4) is 6.07 Å². The zero-order valence-electron chi connectivity index (χ0n) is 9.48. The Hall–Kier alpha value is -2.61. The third-order valence-electron chi connectivity index (χ3n) is 2.07. The molecule has 4 nitrogen and oxygen atoms in total. The second kappa shape index (κ2) is 6.21. The smallest absolute Gasteiger partial charge is 0.269 e. The Morgan fingerprint density at radius 1 is 1.50 bits per heavy atom. The van der Waals surface area contributed by atoms with E-state index in [1.165, 1.54) is 30.3 Å². The molecule has 0 heterocycles. The quantitative estimate of drug-likeness (QED) is 0.371. The summed E-state index contributed by atoms with van der Waals surface area (Å²) in [4.78, 5) is 11.7. The Kier molecular flexibility index (Phi) is 4.64. The van der Waals surface area contributed by atoms with Gasteiger partial charge in [-0.3, -0.25) is 4.79 Å². The van der Waals surface area contributed by atoms with Gasteiger partial charge in [0.2, 0.25) is 0 Å². The first-order chi connectivity index (χ1) is 8.58. The van der Waals surface area contributed by atoms with Gasteiger partial charge in [-0.1, -0.05) is 6.08 Å². The Balaban J connectivity index is 2.87. The van der Waals surface area contributed by atoms with Crippen molar-refractivity contribution in [3.63, 3.8) is 0 Å². The van der Waals surface area contributed by atoms with E-state index in [1.807, 2.05) is 0 Å². The summed E-state index contributed by atoms with van der Waals surface area (Å²) in [6, 6.07) is 6.67. The number of anilines is 1. The van der Waals surface area contributed by atoms with Gasteiger partial charge < -0.3 is 10.4 Å². The fraction of sp³-hybridized carbons (Fsp3) is 0.0769. The molecule has 1 rings (SSSR count). The number of amides is 1. The molecule has 1 amide bonds. The third kappa shape index (κ3) is 3.46. The average molecular weight is 246 g/mol. The summed E-state index contributed by atoms with van der Waals surface area (Å²) in [5.74, 6) is -1.53. The van der Waals surface area contributed by atoms with Crippen LogP contribution in [0, 0.1) is 17.1 Å². The number of aliphatic hydroxyl groups excluding tert-OH is 1. The molecule has 2 N–H and O–H groups in total. The van der Waals surface area contributed by atoms with Gasteiger partial charge in [0, 0.05) is 12.1 Å². The van der Waals surface area contributed by atoms with Gasteiger partial charge in [0.1, 0.15) is 17.6 Å². The Morgan fingerprint density at radius 2 is 2.11 bits per heavy atom. The minimum absolute atomic E-state index is 0.0275. The van der Waals surface area contributed by atoms with Crippen LogP contribution in [0.1, 0.15) is 6.42 Å². The standard InChI is InChI=1S/C13H11FN2O2/c1-2-3-12(17)11(8-15)13(18)16-10-6-4-9(14)5-7-10/h2,4-7,17H,1,3H2,(H,16,18). The molecule has 0 radical (unpaired) electrons. The molecule has 0 atom stereocenters. The zero-order chi connectivity index (χ0) is 13.5. The molecule has 18 heavy (non-hydrogen) atoms. The maximum atomic E-state index is 12.7. The maximum Gasteiger partial charge on any atom is 0.269 e. The molecule has 1 aromatic carbocycles. The van der Waals surface area contributed by atoms with Gasteiger partial charge >= 0.3 is 0 Å². The van der Waals surface area contributed by atoms with E-state index in [4.69, 9.17) is 5.26 Å². The molecule has 0 unspecified atom stereocenters. The highest BCUT2D eigenvalue weighted by molar-refractivity contribution is 6.06. The van der Waals surface area contributed by atoms with Crippen LogP contribution in [0.4, 0.5) is 10.1 Å². The molecule has 92 valence electrons. The molecular weight excluding hydrogens is 235 g/mol. The van der Waals surface area contributed by atoms with E-state index in [1.54, 1.807) is 6.07 Å². The molecule has 0 aromatic heterocycles. The van der Waals surface area contributed by atoms with Gasteiger partial charge in [0.05, 0.1) is 0 Å². The van der Waals surface area contributed by atoms with Crippen LogP contribution in [0.15, 0.2) is 48.3 Å². The summed E-state index contributed by atoms with van der Waals surface area (Å²) < 4.78 is 12.7. The normalized spacial score (nSPS) is 11.1. The largest absolute Gasteiger partial charge is 0.510 e. The van der Waals surface area contributed by atoms with E-state index >= 15 is 0 Å². The Labute approximate surface area is 104 Å². The summed E-state index contributed by atoms with van der Waals surface area (Å²) in [6.45, 7) is 3.39. The first-order valence-corrected chi connectivity index (χ1v) is 5.08. The van der Waals surface area contributed by atoms with Crippen molar-refractivity contribution in [3.05, 3.63) is 54.1 Å². The van der Waals surface area contributed by atoms with E-state index in [2.05, 4.69) is 11.9 Å². The van der Waals surface area contributed by atoms with Crippen LogP contribution in [0.25, 0.3) is 0 Å². The highest BCUT2D eigenvalue weighted by Crippen LogP contribution is 2.12. The molecule has 0 saturated heterocycles. The lowest BCUT2D eigenvalue weighted by Crippen LogP contribution is -2.15. The zero-order valence-corrected chi connectivity index (χ0v) is 9.48. The topological polar surface area (TPSA) is 73.1 Å². The number of nitrogens with one attached hydrogen (secondary N) is 1. The van der Waals surface area contributed by atoms with Crippen LogP contribution in [-0.2, 0) is 4.79 Å². The lowest BCUT2D eigenvalue weighted by atomic mass is 10.2. The number of nitriles is 1. The lowest BCUT2D eigenvalue weighted by Gasteiger charge is -2.05. The van der Waals surface area contributed by atoms with Gasteiger partial charge in [-0.2, -0.15) is 5.26 Å². The highest BCUT2D eigenvalue weighted by Gasteiger charge is 2.14. The van der Waals surface area contributed by atoms with Crippen molar-refractivity contribution in [1.29, 1.82) is 5.26 Å². The van der Waals surface area contributed by atoms with Crippen LogP contribution in [0.5, 0.6) is 0 Å². The fourth-order valence-electron chi connectivity index (χ4n) is 1.21. The van der Waals surface area contributed by atoms with Crippen molar-refractivity contribution in [2.24, 2.45) is 0 Å². The number of carbonyl (C=O) groups excluding carboxylic acids is 1. The third-order valence-corrected chi connectivity index (χ3v) is 2.07. The molecule has 1 aromatic rings. The van der Waals surface area contributed by atoms with Crippen LogP contribution in [0.2, 0.25) is 0 Å².